The summed E-state index contributed by atoms with van der Waals surface area (Å²) in [6, 6.07) is 0. The Hall–Kier alpha value is -0.530. The van der Waals surface area contributed by atoms with Crippen LogP contribution < -0.4 is 5.32 Å². The quantitative estimate of drug-likeness (QED) is 0.702. The van der Waals surface area contributed by atoms with Crippen molar-refractivity contribution in [1.82, 2.24) is 15.2 Å². The zero-order valence-corrected chi connectivity index (χ0v) is 13.3. The average Bonchev–Trinajstić information content (AvgIpc) is 3.06. The van der Waals surface area contributed by atoms with Gasteiger partial charge >= 0.3 is 0 Å². The van der Waals surface area contributed by atoms with E-state index in [0.717, 1.165) is 31.9 Å². The zero-order chi connectivity index (χ0) is 14.2. The predicted octanol–water partition coefficient (Wildman–Crippen LogP) is 1.62. The predicted molar refractivity (Wildman–Crippen MR) is 80.9 cm³/mol. The summed E-state index contributed by atoms with van der Waals surface area (Å²) in [6.07, 6.45) is 2.64. The topological polar surface area (TPSA) is 46.6 Å². The lowest BCUT2D eigenvalue weighted by Crippen LogP contribution is -2.18. The number of hydrogen-bond donors (Lipinski definition) is 1. The SMILES string of the molecule is COCCNCc1sc(CN2CCCC2)nc1COC. The lowest BCUT2D eigenvalue weighted by atomic mass is 10.3. The molecule has 6 heteroatoms. The second kappa shape index (κ2) is 8.69. The highest BCUT2D eigenvalue weighted by atomic mass is 32.1. The van der Waals surface area contributed by atoms with Crippen molar-refractivity contribution in [3.63, 3.8) is 0 Å². The highest BCUT2D eigenvalue weighted by molar-refractivity contribution is 7.11. The summed E-state index contributed by atoms with van der Waals surface area (Å²) in [6.45, 7) is 6.44. The molecule has 2 rings (SSSR count). The molecule has 0 aliphatic carbocycles. The van der Waals surface area contributed by atoms with E-state index in [9.17, 15) is 0 Å². The van der Waals surface area contributed by atoms with Crippen LogP contribution in [0.3, 0.4) is 0 Å². The van der Waals surface area contributed by atoms with Crippen LogP contribution in [0.5, 0.6) is 0 Å². The summed E-state index contributed by atoms with van der Waals surface area (Å²) in [5.41, 5.74) is 1.08. The third-order valence-electron chi connectivity index (χ3n) is 3.43. The Bertz CT molecular complexity index is 392. The number of ether oxygens (including phenoxy) is 2. The molecule has 114 valence electrons. The molecular weight excluding hydrogens is 274 g/mol. The number of nitrogens with zero attached hydrogens (tertiary/aromatic N) is 2. The number of likely N-dealkylation sites (tertiary alicyclic amines) is 1. The molecule has 0 bridgehead atoms. The molecule has 1 aromatic rings. The Morgan fingerprint density at radius 1 is 1.25 bits per heavy atom. The van der Waals surface area contributed by atoms with Crippen LogP contribution in [0.1, 0.15) is 28.4 Å². The van der Waals surface area contributed by atoms with Crippen LogP contribution in [0, 0.1) is 0 Å². The van der Waals surface area contributed by atoms with Crippen molar-refractivity contribution in [2.24, 2.45) is 0 Å². The molecule has 0 amide bonds. The molecule has 1 aliphatic heterocycles. The van der Waals surface area contributed by atoms with Crippen molar-refractivity contribution in [2.45, 2.75) is 32.5 Å². The molecule has 1 N–H and O–H groups in total. The van der Waals surface area contributed by atoms with Gasteiger partial charge in [-0.15, -0.1) is 11.3 Å². The van der Waals surface area contributed by atoms with Crippen LogP contribution in [0.25, 0.3) is 0 Å². The van der Waals surface area contributed by atoms with Crippen molar-refractivity contribution in [3.05, 3.63) is 15.6 Å². The van der Waals surface area contributed by atoms with Gasteiger partial charge in [0.15, 0.2) is 0 Å². The molecule has 1 aromatic heterocycles. The first-order chi connectivity index (χ1) is 9.83. The third kappa shape index (κ3) is 4.79. The van der Waals surface area contributed by atoms with Gasteiger partial charge in [-0.1, -0.05) is 0 Å². The minimum Gasteiger partial charge on any atom is -0.383 e. The van der Waals surface area contributed by atoms with Gasteiger partial charge in [0, 0.05) is 32.2 Å². The van der Waals surface area contributed by atoms with E-state index >= 15 is 0 Å². The maximum Gasteiger partial charge on any atom is 0.107 e. The second-order valence-corrected chi connectivity index (χ2v) is 6.23. The molecule has 0 spiro atoms. The van der Waals surface area contributed by atoms with Crippen molar-refractivity contribution < 1.29 is 9.47 Å². The summed E-state index contributed by atoms with van der Waals surface area (Å²) in [4.78, 5) is 8.52. The van der Waals surface area contributed by atoms with Crippen LogP contribution in [-0.2, 0) is 29.2 Å². The van der Waals surface area contributed by atoms with Crippen LogP contribution in [0.2, 0.25) is 0 Å². The van der Waals surface area contributed by atoms with E-state index in [-0.39, 0.29) is 0 Å². The second-order valence-electron chi connectivity index (χ2n) is 5.06. The van der Waals surface area contributed by atoms with E-state index in [1.807, 2.05) is 11.3 Å². The van der Waals surface area contributed by atoms with E-state index in [0.29, 0.717) is 6.61 Å². The van der Waals surface area contributed by atoms with Crippen molar-refractivity contribution >= 4 is 11.3 Å². The smallest absolute Gasteiger partial charge is 0.107 e. The molecule has 1 fully saturated rings. The monoisotopic (exact) mass is 299 g/mol. The van der Waals surface area contributed by atoms with Gasteiger partial charge < -0.3 is 14.8 Å². The fraction of sp³-hybridized carbons (Fsp3) is 0.786. The number of aromatic nitrogens is 1. The van der Waals surface area contributed by atoms with E-state index in [2.05, 4.69) is 10.2 Å². The maximum absolute atomic E-state index is 5.26. The molecule has 20 heavy (non-hydrogen) atoms. The standard InChI is InChI=1S/C14H25N3O2S/c1-18-8-5-15-9-13-12(11-19-2)16-14(20-13)10-17-6-3-4-7-17/h15H,3-11H2,1-2H3. The Morgan fingerprint density at radius 2 is 2.05 bits per heavy atom. The molecule has 1 saturated heterocycles. The normalized spacial score (nSPS) is 16.1. The van der Waals surface area contributed by atoms with Gasteiger partial charge in [-0.3, -0.25) is 4.90 Å². The number of methoxy groups -OCH3 is 2. The number of nitrogens with one attached hydrogen (secondary N) is 1. The number of thiazole rings is 1. The van der Waals surface area contributed by atoms with E-state index in [4.69, 9.17) is 14.5 Å². The largest absolute Gasteiger partial charge is 0.383 e. The van der Waals surface area contributed by atoms with Gasteiger partial charge in [0.1, 0.15) is 5.01 Å². The number of hydrogen-bond acceptors (Lipinski definition) is 6. The first kappa shape index (κ1) is 15.9. The van der Waals surface area contributed by atoms with Crippen LogP contribution in [-0.4, -0.2) is 50.3 Å². The Balaban J connectivity index is 1.91. The summed E-state index contributed by atoms with van der Waals surface area (Å²) >= 11 is 1.81. The van der Waals surface area contributed by atoms with Gasteiger partial charge in [-0.2, -0.15) is 0 Å². The minimum atomic E-state index is 0.595. The van der Waals surface area contributed by atoms with Gasteiger partial charge in [0.2, 0.25) is 0 Å². The van der Waals surface area contributed by atoms with Crippen LogP contribution in [0.4, 0.5) is 0 Å². The van der Waals surface area contributed by atoms with Crippen LogP contribution >= 0.6 is 11.3 Å². The fourth-order valence-electron chi connectivity index (χ4n) is 2.40. The minimum absolute atomic E-state index is 0.595. The third-order valence-corrected chi connectivity index (χ3v) is 4.51. The zero-order valence-electron chi connectivity index (χ0n) is 12.5. The molecular formula is C14H25N3O2S. The molecule has 0 unspecified atom stereocenters. The lowest BCUT2D eigenvalue weighted by Gasteiger charge is -2.11. The molecule has 5 nitrogen and oxygen atoms in total. The van der Waals surface area contributed by atoms with E-state index in [1.54, 1.807) is 14.2 Å². The molecule has 2 heterocycles. The van der Waals surface area contributed by atoms with Crippen molar-refractivity contribution in [3.8, 4) is 0 Å². The molecule has 0 saturated carbocycles. The van der Waals surface area contributed by atoms with Gasteiger partial charge in [-0.05, 0) is 25.9 Å². The average molecular weight is 299 g/mol. The van der Waals surface area contributed by atoms with Crippen molar-refractivity contribution in [2.75, 3.05) is 40.5 Å². The molecule has 0 atom stereocenters. The van der Waals surface area contributed by atoms with Gasteiger partial charge in [0.05, 0.1) is 25.5 Å². The summed E-state index contributed by atoms with van der Waals surface area (Å²) < 4.78 is 10.3. The fourth-order valence-corrected chi connectivity index (χ4v) is 3.48. The first-order valence-electron chi connectivity index (χ1n) is 7.22. The number of rotatable bonds is 9. The van der Waals surface area contributed by atoms with E-state index in [1.165, 1.54) is 35.8 Å². The first-order valence-corrected chi connectivity index (χ1v) is 8.03. The maximum atomic E-state index is 5.26. The lowest BCUT2D eigenvalue weighted by molar-refractivity contribution is 0.180. The van der Waals surface area contributed by atoms with Crippen LogP contribution in [0.15, 0.2) is 0 Å². The Labute approximate surface area is 125 Å². The molecule has 1 aliphatic rings. The van der Waals surface area contributed by atoms with Crippen molar-refractivity contribution in [1.29, 1.82) is 0 Å². The highest BCUT2D eigenvalue weighted by Crippen LogP contribution is 2.22. The van der Waals surface area contributed by atoms with Gasteiger partial charge in [0.25, 0.3) is 0 Å². The molecule has 0 radical (unpaired) electrons. The Kier molecular flexibility index (Phi) is 6.89. The Morgan fingerprint density at radius 3 is 2.75 bits per heavy atom. The highest BCUT2D eigenvalue weighted by Gasteiger charge is 2.16. The van der Waals surface area contributed by atoms with Gasteiger partial charge in [-0.25, -0.2) is 4.98 Å². The summed E-state index contributed by atoms with van der Waals surface area (Å²) in [5, 5.41) is 4.60. The molecule has 0 aromatic carbocycles. The van der Waals surface area contributed by atoms with E-state index < -0.39 is 0 Å². The summed E-state index contributed by atoms with van der Waals surface area (Å²) in [7, 11) is 3.44. The summed E-state index contributed by atoms with van der Waals surface area (Å²) in [5.74, 6) is 0.